The van der Waals surface area contributed by atoms with Crippen LogP contribution in [0.15, 0.2) is 40.8 Å². The van der Waals surface area contributed by atoms with Crippen molar-refractivity contribution in [3.63, 3.8) is 0 Å². The largest absolute Gasteiger partial charge is 0.478 e. The molecule has 0 aliphatic rings. The quantitative estimate of drug-likeness (QED) is 0.832. The van der Waals surface area contributed by atoms with Crippen LogP contribution in [0, 0.1) is 0 Å². The van der Waals surface area contributed by atoms with Gasteiger partial charge >= 0.3 is 5.97 Å². The second kappa shape index (κ2) is 5.51. The predicted molar refractivity (Wildman–Crippen MR) is 75.5 cm³/mol. The van der Waals surface area contributed by atoms with Gasteiger partial charge in [0.25, 0.3) is 0 Å². The lowest BCUT2D eigenvalue weighted by Crippen LogP contribution is -1.88. The third-order valence-electron chi connectivity index (χ3n) is 2.54. The van der Waals surface area contributed by atoms with Crippen molar-refractivity contribution >= 4 is 34.7 Å². The summed E-state index contributed by atoms with van der Waals surface area (Å²) in [5.41, 5.74) is 1.32. The number of benzene rings is 1. The van der Waals surface area contributed by atoms with Gasteiger partial charge in [-0.15, -0.1) is 0 Å². The van der Waals surface area contributed by atoms with Gasteiger partial charge in [-0.2, -0.15) is 0 Å². The number of carbonyl (C=O) groups is 1. The van der Waals surface area contributed by atoms with Gasteiger partial charge in [-0.05, 0) is 42.8 Å². The Hall–Kier alpha value is -1.71. The highest BCUT2D eigenvalue weighted by atomic mass is 35.5. The Morgan fingerprint density at radius 3 is 2.58 bits per heavy atom. The first kappa shape index (κ1) is 13.7. The average Bonchev–Trinajstić information content (AvgIpc) is 2.81. The lowest BCUT2D eigenvalue weighted by molar-refractivity contribution is -0.131. The van der Waals surface area contributed by atoms with E-state index in [9.17, 15) is 4.79 Å². The van der Waals surface area contributed by atoms with Gasteiger partial charge in [-0.1, -0.05) is 23.2 Å². The van der Waals surface area contributed by atoms with Crippen molar-refractivity contribution in [3.05, 3.63) is 52.2 Å². The Labute approximate surface area is 120 Å². The molecule has 2 aromatic rings. The van der Waals surface area contributed by atoms with Gasteiger partial charge in [-0.25, -0.2) is 4.79 Å². The summed E-state index contributed by atoms with van der Waals surface area (Å²) < 4.78 is 5.59. The van der Waals surface area contributed by atoms with Crippen molar-refractivity contribution < 1.29 is 14.3 Å². The van der Waals surface area contributed by atoms with Gasteiger partial charge in [0.15, 0.2) is 0 Å². The molecule has 0 unspecified atom stereocenters. The van der Waals surface area contributed by atoms with E-state index in [-0.39, 0.29) is 0 Å². The summed E-state index contributed by atoms with van der Waals surface area (Å²) >= 11 is 11.8. The Balaban J connectivity index is 2.35. The van der Waals surface area contributed by atoms with Crippen molar-refractivity contribution in [3.8, 4) is 11.3 Å². The Bertz CT molecular complexity index is 656. The summed E-state index contributed by atoms with van der Waals surface area (Å²) in [5.74, 6) is 0.0974. The molecule has 0 saturated carbocycles. The maximum absolute atomic E-state index is 10.6. The molecule has 0 spiro atoms. The lowest BCUT2D eigenvalue weighted by atomic mass is 10.2. The second-order valence-electron chi connectivity index (χ2n) is 3.96. The standard InChI is InChI=1S/C14H10Cl2O3/c1-8(6-14(17)18)12-4-5-13(19-12)9-2-3-10(15)11(16)7-9/h2-7H,1H3,(H,17,18)/b8-6+. The molecule has 19 heavy (non-hydrogen) atoms. The van der Waals surface area contributed by atoms with Crippen molar-refractivity contribution in [1.29, 1.82) is 0 Å². The molecule has 0 atom stereocenters. The molecule has 1 aromatic heterocycles. The van der Waals surface area contributed by atoms with Crippen LogP contribution in [-0.4, -0.2) is 11.1 Å². The van der Waals surface area contributed by atoms with Crippen LogP contribution < -0.4 is 0 Å². The molecule has 5 heteroatoms. The van der Waals surface area contributed by atoms with Gasteiger partial charge in [0.05, 0.1) is 10.0 Å². The number of furan rings is 1. The topological polar surface area (TPSA) is 50.4 Å². The number of hydrogen-bond acceptors (Lipinski definition) is 2. The van der Waals surface area contributed by atoms with Crippen LogP contribution in [0.5, 0.6) is 0 Å². The van der Waals surface area contributed by atoms with E-state index in [4.69, 9.17) is 32.7 Å². The SMILES string of the molecule is C/C(=C\C(=O)O)c1ccc(-c2ccc(Cl)c(Cl)c2)o1. The van der Waals surface area contributed by atoms with Crippen molar-refractivity contribution in [2.24, 2.45) is 0 Å². The van der Waals surface area contributed by atoms with Crippen LogP contribution in [0.4, 0.5) is 0 Å². The molecule has 0 bridgehead atoms. The number of carboxylic acids is 1. The maximum Gasteiger partial charge on any atom is 0.328 e. The summed E-state index contributed by atoms with van der Waals surface area (Å²) in [6.07, 6.45) is 1.09. The molecule has 98 valence electrons. The molecule has 0 radical (unpaired) electrons. The molecule has 1 heterocycles. The van der Waals surface area contributed by atoms with Gasteiger partial charge in [0.1, 0.15) is 11.5 Å². The summed E-state index contributed by atoms with van der Waals surface area (Å²) in [5, 5.41) is 9.60. The van der Waals surface area contributed by atoms with E-state index < -0.39 is 5.97 Å². The molecule has 0 aliphatic carbocycles. The zero-order chi connectivity index (χ0) is 14.0. The van der Waals surface area contributed by atoms with Crippen molar-refractivity contribution in [1.82, 2.24) is 0 Å². The highest BCUT2D eigenvalue weighted by molar-refractivity contribution is 6.42. The van der Waals surface area contributed by atoms with Crippen molar-refractivity contribution in [2.45, 2.75) is 6.92 Å². The van der Waals surface area contributed by atoms with Gasteiger partial charge in [-0.3, -0.25) is 0 Å². The highest BCUT2D eigenvalue weighted by Gasteiger charge is 2.08. The average molecular weight is 297 g/mol. The fraction of sp³-hybridized carbons (Fsp3) is 0.0714. The van der Waals surface area contributed by atoms with Crippen LogP contribution in [-0.2, 0) is 4.79 Å². The Morgan fingerprint density at radius 1 is 1.21 bits per heavy atom. The number of halogens is 2. The first-order valence-corrected chi connectivity index (χ1v) is 6.20. The highest BCUT2D eigenvalue weighted by Crippen LogP contribution is 2.30. The molecule has 2 rings (SSSR count). The van der Waals surface area contributed by atoms with Gasteiger partial charge in [0.2, 0.25) is 0 Å². The Kier molecular flexibility index (Phi) is 3.98. The van der Waals surface area contributed by atoms with E-state index in [1.807, 2.05) is 0 Å². The van der Waals surface area contributed by atoms with E-state index in [1.54, 1.807) is 37.3 Å². The molecule has 0 saturated heterocycles. The van der Waals surface area contributed by atoms with E-state index in [0.717, 1.165) is 11.6 Å². The minimum absolute atomic E-state index is 0.440. The zero-order valence-electron chi connectivity index (χ0n) is 9.98. The Morgan fingerprint density at radius 2 is 1.95 bits per heavy atom. The lowest BCUT2D eigenvalue weighted by Gasteiger charge is -2.00. The first-order valence-electron chi connectivity index (χ1n) is 5.44. The van der Waals surface area contributed by atoms with Gasteiger partial charge in [0, 0.05) is 11.6 Å². The molecular formula is C14H10Cl2O3. The zero-order valence-corrected chi connectivity index (χ0v) is 11.5. The summed E-state index contributed by atoms with van der Waals surface area (Å²) in [6.45, 7) is 1.67. The monoisotopic (exact) mass is 296 g/mol. The van der Waals surface area contributed by atoms with E-state index in [1.165, 1.54) is 0 Å². The van der Waals surface area contributed by atoms with Crippen LogP contribution in [0.1, 0.15) is 12.7 Å². The van der Waals surface area contributed by atoms with Crippen molar-refractivity contribution in [2.75, 3.05) is 0 Å². The molecule has 3 nitrogen and oxygen atoms in total. The van der Waals surface area contributed by atoms with E-state index in [0.29, 0.717) is 27.1 Å². The maximum atomic E-state index is 10.6. The van der Waals surface area contributed by atoms with Crippen LogP contribution >= 0.6 is 23.2 Å². The number of carboxylic acid groups (broad SMARTS) is 1. The van der Waals surface area contributed by atoms with E-state index in [2.05, 4.69) is 0 Å². The number of allylic oxidation sites excluding steroid dienone is 1. The minimum atomic E-state index is -1.01. The van der Waals surface area contributed by atoms with Crippen LogP contribution in [0.2, 0.25) is 10.0 Å². The first-order chi connectivity index (χ1) is 8.97. The molecule has 1 aromatic carbocycles. The van der Waals surface area contributed by atoms with Crippen LogP contribution in [0.25, 0.3) is 16.9 Å². The molecule has 0 amide bonds. The van der Waals surface area contributed by atoms with Crippen LogP contribution in [0.3, 0.4) is 0 Å². The fourth-order valence-corrected chi connectivity index (χ4v) is 1.91. The third-order valence-corrected chi connectivity index (χ3v) is 3.28. The summed E-state index contributed by atoms with van der Waals surface area (Å²) in [6, 6.07) is 8.64. The molecule has 1 N–H and O–H groups in total. The number of hydrogen-bond donors (Lipinski definition) is 1. The summed E-state index contributed by atoms with van der Waals surface area (Å²) in [4.78, 5) is 10.6. The van der Waals surface area contributed by atoms with E-state index >= 15 is 0 Å². The number of aliphatic carboxylic acids is 1. The fourth-order valence-electron chi connectivity index (χ4n) is 1.61. The second-order valence-corrected chi connectivity index (χ2v) is 4.77. The smallest absolute Gasteiger partial charge is 0.328 e. The molecule has 0 aliphatic heterocycles. The minimum Gasteiger partial charge on any atom is -0.478 e. The normalized spacial score (nSPS) is 11.6. The predicted octanol–water partition coefficient (Wildman–Crippen LogP) is 4.74. The molecule has 0 fully saturated rings. The summed E-state index contributed by atoms with van der Waals surface area (Å²) in [7, 11) is 0. The van der Waals surface area contributed by atoms with Gasteiger partial charge < -0.3 is 9.52 Å². The third kappa shape index (κ3) is 3.19. The molecular weight excluding hydrogens is 287 g/mol. The number of rotatable bonds is 3.